The summed E-state index contributed by atoms with van der Waals surface area (Å²) in [5, 5.41) is 3.86. The number of nitrogens with zero attached hydrogens (tertiary/aromatic N) is 1. The average Bonchev–Trinajstić information content (AvgIpc) is 3.01. The molecule has 0 aliphatic rings. The number of hydrogen-bond donors (Lipinski definition) is 1. The van der Waals surface area contributed by atoms with E-state index in [-0.39, 0.29) is 18.2 Å². The predicted octanol–water partition coefficient (Wildman–Crippen LogP) is 5.13. The number of methoxy groups -OCH3 is 1. The van der Waals surface area contributed by atoms with Gasteiger partial charge in [0.2, 0.25) is 5.91 Å². The van der Waals surface area contributed by atoms with Gasteiger partial charge in [-0.1, -0.05) is 39.0 Å². The molecule has 0 fully saturated rings. The minimum Gasteiger partial charge on any atom is -0.496 e. The van der Waals surface area contributed by atoms with Crippen molar-refractivity contribution < 1.29 is 14.3 Å². The molecule has 3 rings (SSSR count). The molecule has 1 amide bonds. The van der Waals surface area contributed by atoms with Crippen LogP contribution in [-0.4, -0.2) is 23.4 Å². The summed E-state index contributed by atoms with van der Waals surface area (Å²) < 4.78 is 7.18. The Balaban J connectivity index is 1.90. The van der Waals surface area contributed by atoms with Crippen molar-refractivity contribution in [3.63, 3.8) is 0 Å². The fourth-order valence-corrected chi connectivity index (χ4v) is 3.45. The fraction of sp³-hybridized carbons (Fsp3) is 0.333. The van der Waals surface area contributed by atoms with Gasteiger partial charge in [0.05, 0.1) is 7.11 Å². The standard InChI is InChI=1S/C24H28N2O3/c1-15-12-21(29-6)16(2)11-19(15)25-22(27)14-26-13-18(23(28)24(3,4)5)17-9-7-8-10-20(17)26/h7-13H,14H2,1-6H3,(H,25,27). The number of ketones is 1. The van der Waals surface area contributed by atoms with E-state index in [1.54, 1.807) is 13.3 Å². The lowest BCUT2D eigenvalue weighted by Gasteiger charge is -2.15. The molecule has 0 bridgehead atoms. The van der Waals surface area contributed by atoms with Gasteiger partial charge in [-0.25, -0.2) is 0 Å². The van der Waals surface area contributed by atoms with Crippen LogP contribution in [0.5, 0.6) is 5.75 Å². The summed E-state index contributed by atoms with van der Waals surface area (Å²) in [5.41, 5.74) is 3.68. The lowest BCUT2D eigenvalue weighted by molar-refractivity contribution is -0.116. The Morgan fingerprint density at radius 1 is 1.07 bits per heavy atom. The molecule has 0 aliphatic heterocycles. The molecule has 29 heavy (non-hydrogen) atoms. The zero-order valence-electron chi connectivity index (χ0n) is 17.9. The first-order chi connectivity index (χ1) is 13.6. The Morgan fingerprint density at radius 2 is 1.76 bits per heavy atom. The zero-order chi connectivity index (χ0) is 21.3. The van der Waals surface area contributed by atoms with Crippen molar-refractivity contribution >= 4 is 28.3 Å². The number of benzene rings is 2. The second kappa shape index (κ2) is 7.74. The monoisotopic (exact) mass is 392 g/mol. The number of anilines is 1. The first kappa shape index (κ1) is 20.6. The molecule has 2 aromatic carbocycles. The van der Waals surface area contributed by atoms with Crippen molar-refractivity contribution in [2.24, 2.45) is 5.41 Å². The molecule has 0 saturated carbocycles. The highest BCUT2D eigenvalue weighted by atomic mass is 16.5. The van der Waals surface area contributed by atoms with Gasteiger partial charge in [-0.15, -0.1) is 0 Å². The third-order valence-electron chi connectivity index (χ3n) is 5.04. The number of carbonyl (C=O) groups excluding carboxylic acids is 2. The van der Waals surface area contributed by atoms with Crippen LogP contribution in [0.25, 0.3) is 10.9 Å². The number of nitrogens with one attached hydrogen (secondary N) is 1. The van der Waals surface area contributed by atoms with Gasteiger partial charge in [0, 0.05) is 33.8 Å². The van der Waals surface area contributed by atoms with E-state index in [0.717, 1.165) is 33.5 Å². The number of para-hydroxylation sites is 1. The van der Waals surface area contributed by atoms with Crippen molar-refractivity contribution in [1.29, 1.82) is 0 Å². The molecular weight excluding hydrogens is 364 g/mol. The fourth-order valence-electron chi connectivity index (χ4n) is 3.45. The summed E-state index contributed by atoms with van der Waals surface area (Å²) in [7, 11) is 1.63. The first-order valence-electron chi connectivity index (χ1n) is 9.69. The molecule has 0 spiro atoms. The third kappa shape index (κ3) is 4.19. The molecule has 1 heterocycles. The van der Waals surface area contributed by atoms with E-state index in [4.69, 9.17) is 4.74 Å². The Bertz CT molecular complexity index is 1090. The Kier molecular flexibility index (Phi) is 5.51. The number of aryl methyl sites for hydroxylation is 2. The summed E-state index contributed by atoms with van der Waals surface area (Å²) in [6.45, 7) is 9.72. The Morgan fingerprint density at radius 3 is 2.41 bits per heavy atom. The maximum Gasteiger partial charge on any atom is 0.244 e. The van der Waals surface area contributed by atoms with Crippen LogP contribution in [0, 0.1) is 19.3 Å². The van der Waals surface area contributed by atoms with Crippen molar-refractivity contribution in [3.8, 4) is 5.75 Å². The van der Waals surface area contributed by atoms with Gasteiger partial charge in [0.1, 0.15) is 12.3 Å². The molecule has 0 atom stereocenters. The Labute approximate surface area is 171 Å². The van der Waals surface area contributed by atoms with Gasteiger partial charge in [-0.2, -0.15) is 0 Å². The van der Waals surface area contributed by atoms with E-state index in [1.165, 1.54) is 0 Å². The average molecular weight is 392 g/mol. The quantitative estimate of drug-likeness (QED) is 0.612. The third-order valence-corrected chi connectivity index (χ3v) is 5.04. The summed E-state index contributed by atoms with van der Waals surface area (Å²) >= 11 is 0. The molecular formula is C24H28N2O3. The van der Waals surface area contributed by atoms with Crippen LogP contribution in [0.15, 0.2) is 42.6 Å². The maximum atomic E-state index is 12.9. The number of aromatic nitrogens is 1. The molecule has 3 aromatic rings. The predicted molar refractivity (Wildman–Crippen MR) is 117 cm³/mol. The van der Waals surface area contributed by atoms with E-state index in [2.05, 4.69) is 5.32 Å². The van der Waals surface area contributed by atoms with Gasteiger partial charge in [0.15, 0.2) is 5.78 Å². The lowest BCUT2D eigenvalue weighted by Crippen LogP contribution is -2.20. The molecule has 1 aromatic heterocycles. The zero-order valence-corrected chi connectivity index (χ0v) is 17.9. The normalized spacial score (nSPS) is 11.5. The summed E-state index contributed by atoms with van der Waals surface area (Å²) in [5.74, 6) is 0.713. The molecule has 1 N–H and O–H groups in total. The highest BCUT2D eigenvalue weighted by molar-refractivity contribution is 6.10. The molecule has 152 valence electrons. The number of amides is 1. The Hall–Kier alpha value is -3.08. The second-order valence-electron chi connectivity index (χ2n) is 8.45. The molecule has 5 heteroatoms. The van der Waals surface area contributed by atoms with Crippen LogP contribution >= 0.6 is 0 Å². The molecule has 0 unspecified atom stereocenters. The van der Waals surface area contributed by atoms with Gasteiger partial charge >= 0.3 is 0 Å². The largest absolute Gasteiger partial charge is 0.496 e. The van der Waals surface area contributed by atoms with Gasteiger partial charge in [-0.3, -0.25) is 9.59 Å². The van der Waals surface area contributed by atoms with E-state index < -0.39 is 5.41 Å². The topological polar surface area (TPSA) is 60.3 Å². The van der Waals surface area contributed by atoms with Crippen molar-refractivity contribution in [3.05, 3.63) is 59.3 Å². The van der Waals surface area contributed by atoms with Crippen LogP contribution in [0.1, 0.15) is 42.3 Å². The van der Waals surface area contributed by atoms with Gasteiger partial charge in [0.25, 0.3) is 0 Å². The molecule has 0 aliphatic carbocycles. The highest BCUT2D eigenvalue weighted by Crippen LogP contribution is 2.29. The molecule has 0 saturated heterocycles. The number of carbonyl (C=O) groups is 2. The first-order valence-corrected chi connectivity index (χ1v) is 9.69. The lowest BCUT2D eigenvalue weighted by atomic mass is 9.86. The number of rotatable bonds is 5. The van der Waals surface area contributed by atoms with Crippen LogP contribution in [0.2, 0.25) is 0 Å². The van der Waals surface area contributed by atoms with Crippen LogP contribution in [0.3, 0.4) is 0 Å². The van der Waals surface area contributed by atoms with Gasteiger partial charge < -0.3 is 14.6 Å². The minimum atomic E-state index is -0.491. The van der Waals surface area contributed by atoms with E-state index in [0.29, 0.717) is 5.56 Å². The van der Waals surface area contributed by atoms with E-state index in [9.17, 15) is 9.59 Å². The van der Waals surface area contributed by atoms with Crippen molar-refractivity contribution in [2.45, 2.75) is 41.2 Å². The summed E-state index contributed by atoms with van der Waals surface area (Å²) in [4.78, 5) is 25.7. The number of hydrogen-bond acceptors (Lipinski definition) is 3. The SMILES string of the molecule is COc1cc(C)c(NC(=O)Cn2cc(C(=O)C(C)(C)C)c3ccccc32)cc1C. The highest BCUT2D eigenvalue weighted by Gasteiger charge is 2.26. The second-order valence-corrected chi connectivity index (χ2v) is 8.45. The van der Waals surface area contributed by atoms with Crippen LogP contribution in [-0.2, 0) is 11.3 Å². The van der Waals surface area contributed by atoms with E-state index >= 15 is 0 Å². The smallest absolute Gasteiger partial charge is 0.244 e. The van der Waals surface area contributed by atoms with Crippen molar-refractivity contribution in [1.82, 2.24) is 4.57 Å². The van der Waals surface area contributed by atoms with E-state index in [1.807, 2.05) is 75.6 Å². The number of Topliss-reactive ketones (excluding diaryl/α,β-unsaturated/α-hetero) is 1. The van der Waals surface area contributed by atoms with Crippen LogP contribution < -0.4 is 10.1 Å². The molecule has 0 radical (unpaired) electrons. The van der Waals surface area contributed by atoms with Crippen LogP contribution in [0.4, 0.5) is 5.69 Å². The minimum absolute atomic E-state index is 0.0643. The summed E-state index contributed by atoms with van der Waals surface area (Å²) in [6.07, 6.45) is 1.80. The van der Waals surface area contributed by atoms with Crippen molar-refractivity contribution in [2.75, 3.05) is 12.4 Å². The molecule has 5 nitrogen and oxygen atoms in total. The number of fused-ring (bicyclic) bond motifs is 1. The van der Waals surface area contributed by atoms with Gasteiger partial charge in [-0.05, 0) is 43.2 Å². The maximum absolute atomic E-state index is 12.9. The summed E-state index contributed by atoms with van der Waals surface area (Å²) in [6, 6.07) is 11.5. The number of ether oxygens (including phenoxy) is 1.